The first-order valence-corrected chi connectivity index (χ1v) is 13.4. The molecule has 0 aromatic carbocycles. The summed E-state index contributed by atoms with van der Waals surface area (Å²) in [6, 6.07) is 0. The number of thioether (sulfide) groups is 1. The lowest BCUT2D eigenvalue weighted by Gasteiger charge is -2.11. The van der Waals surface area contributed by atoms with Gasteiger partial charge in [0.25, 0.3) is 0 Å². The van der Waals surface area contributed by atoms with Gasteiger partial charge in [-0.25, -0.2) is 4.98 Å². The lowest BCUT2D eigenvalue weighted by atomic mass is 10.0. The largest absolute Gasteiger partial charge is 0.390 e. The van der Waals surface area contributed by atoms with E-state index in [2.05, 4.69) is 11.9 Å². The number of unbranched alkanes of at least 4 members (excludes halogenated alkanes) is 15. The van der Waals surface area contributed by atoms with Crippen LogP contribution in [0.1, 0.15) is 110 Å². The Morgan fingerprint density at radius 2 is 1.34 bits per heavy atom. The average molecular weight is 426 g/mol. The van der Waals surface area contributed by atoms with Gasteiger partial charge in [0.1, 0.15) is 0 Å². The molecule has 0 amide bonds. The smallest absolute Gasteiger partial charge is 0.200 e. The number of imidazole rings is 1. The van der Waals surface area contributed by atoms with Crippen LogP contribution in [0.2, 0.25) is 0 Å². The minimum atomic E-state index is -0.349. The normalized spacial score (nSPS) is 12.5. The van der Waals surface area contributed by atoms with Crippen LogP contribution >= 0.6 is 11.8 Å². The fourth-order valence-electron chi connectivity index (χ4n) is 3.75. The van der Waals surface area contributed by atoms with Gasteiger partial charge in [0.2, 0.25) is 0 Å². The molecule has 1 aromatic heterocycles. The van der Waals surface area contributed by atoms with Gasteiger partial charge in [-0.1, -0.05) is 103 Å². The highest BCUT2D eigenvalue weighted by Gasteiger charge is 2.07. The third kappa shape index (κ3) is 15.8. The number of nitrogens with two attached hydrogens (primary N) is 1. The third-order valence-electron chi connectivity index (χ3n) is 5.61. The summed E-state index contributed by atoms with van der Waals surface area (Å²) in [6.45, 7) is 2.83. The van der Waals surface area contributed by atoms with Gasteiger partial charge in [-0.05, 0) is 12.2 Å². The van der Waals surface area contributed by atoms with Gasteiger partial charge in [-0.2, -0.15) is 11.8 Å². The van der Waals surface area contributed by atoms with Crippen LogP contribution in [0, 0.1) is 0 Å². The van der Waals surface area contributed by atoms with Crippen molar-refractivity contribution in [2.45, 2.75) is 122 Å². The molecule has 1 unspecified atom stereocenters. The van der Waals surface area contributed by atoms with E-state index in [1.54, 1.807) is 10.8 Å². The summed E-state index contributed by atoms with van der Waals surface area (Å²) in [5.41, 5.74) is 5.72. The lowest BCUT2D eigenvalue weighted by molar-refractivity contribution is 0.179. The van der Waals surface area contributed by atoms with E-state index >= 15 is 0 Å². The molecule has 5 heteroatoms. The molecule has 1 aromatic rings. The Labute approximate surface area is 184 Å². The first-order chi connectivity index (χ1) is 14.2. The second kappa shape index (κ2) is 19.3. The number of anilines is 1. The SMILES string of the molecule is CCCCCCCCCCCCCCCCCCSCC(O)Cn1ccnc1N. The Morgan fingerprint density at radius 3 is 1.79 bits per heavy atom. The van der Waals surface area contributed by atoms with E-state index in [4.69, 9.17) is 5.73 Å². The summed E-state index contributed by atoms with van der Waals surface area (Å²) in [7, 11) is 0. The molecule has 0 aliphatic heterocycles. The number of nitrogen functional groups attached to an aromatic ring is 1. The number of nitrogens with zero attached hydrogens (tertiary/aromatic N) is 2. The van der Waals surface area contributed by atoms with Crippen LogP contribution < -0.4 is 5.73 Å². The fraction of sp³-hybridized carbons (Fsp3) is 0.875. The van der Waals surface area contributed by atoms with Crippen molar-refractivity contribution in [3.8, 4) is 0 Å². The van der Waals surface area contributed by atoms with Gasteiger partial charge in [-0.3, -0.25) is 0 Å². The van der Waals surface area contributed by atoms with Crippen molar-refractivity contribution in [1.29, 1.82) is 0 Å². The molecule has 0 saturated carbocycles. The molecule has 29 heavy (non-hydrogen) atoms. The van der Waals surface area contributed by atoms with E-state index in [1.165, 1.54) is 103 Å². The van der Waals surface area contributed by atoms with Crippen LogP contribution in [0.15, 0.2) is 12.4 Å². The summed E-state index contributed by atoms with van der Waals surface area (Å²) in [5, 5.41) is 10.1. The minimum Gasteiger partial charge on any atom is -0.390 e. The Balaban J connectivity index is 1.73. The Kier molecular flexibility index (Phi) is 17.5. The van der Waals surface area contributed by atoms with Gasteiger partial charge in [0.15, 0.2) is 5.95 Å². The molecule has 170 valence electrons. The minimum absolute atomic E-state index is 0.349. The molecule has 4 nitrogen and oxygen atoms in total. The summed E-state index contributed by atoms with van der Waals surface area (Å²) in [6.07, 6.45) is 25.7. The molecule has 1 rings (SSSR count). The zero-order valence-electron chi connectivity index (χ0n) is 19.0. The summed E-state index contributed by atoms with van der Waals surface area (Å²) < 4.78 is 1.81. The highest BCUT2D eigenvalue weighted by molar-refractivity contribution is 7.99. The maximum Gasteiger partial charge on any atom is 0.200 e. The highest BCUT2D eigenvalue weighted by atomic mass is 32.2. The third-order valence-corrected chi connectivity index (χ3v) is 6.81. The van der Waals surface area contributed by atoms with Crippen molar-refractivity contribution >= 4 is 17.7 Å². The zero-order valence-corrected chi connectivity index (χ0v) is 19.8. The quantitative estimate of drug-likeness (QED) is 0.212. The number of aliphatic hydroxyl groups is 1. The van der Waals surface area contributed by atoms with Crippen LogP contribution in [0.5, 0.6) is 0 Å². The van der Waals surface area contributed by atoms with E-state index < -0.39 is 0 Å². The number of hydrogen-bond donors (Lipinski definition) is 2. The van der Waals surface area contributed by atoms with Crippen LogP contribution in [0.4, 0.5) is 5.95 Å². The number of hydrogen-bond acceptors (Lipinski definition) is 4. The maximum atomic E-state index is 10.1. The molecule has 0 bridgehead atoms. The van der Waals surface area contributed by atoms with Crippen molar-refractivity contribution < 1.29 is 5.11 Å². The average Bonchev–Trinajstić information content (AvgIpc) is 3.11. The van der Waals surface area contributed by atoms with Crippen LogP contribution in [0.3, 0.4) is 0 Å². The van der Waals surface area contributed by atoms with E-state index in [-0.39, 0.29) is 6.10 Å². The fourth-order valence-corrected chi connectivity index (χ4v) is 4.70. The molecule has 0 fully saturated rings. The zero-order chi connectivity index (χ0) is 21.0. The molecule has 1 heterocycles. The predicted octanol–water partition coefficient (Wildman–Crippen LogP) is 6.82. The second-order valence-corrected chi connectivity index (χ2v) is 9.62. The van der Waals surface area contributed by atoms with Crippen LogP contribution in [0.25, 0.3) is 0 Å². The number of aromatic nitrogens is 2. The van der Waals surface area contributed by atoms with Gasteiger partial charge < -0.3 is 15.4 Å². The predicted molar refractivity (Wildman–Crippen MR) is 130 cm³/mol. The summed E-state index contributed by atoms with van der Waals surface area (Å²) >= 11 is 1.85. The van der Waals surface area contributed by atoms with Gasteiger partial charge in [-0.15, -0.1) is 0 Å². The molecule has 0 saturated heterocycles. The summed E-state index contributed by atoms with van der Waals surface area (Å²) in [4.78, 5) is 3.98. The number of rotatable bonds is 21. The molecule has 1 atom stereocenters. The van der Waals surface area contributed by atoms with Crippen molar-refractivity contribution in [2.75, 3.05) is 17.2 Å². The first-order valence-electron chi connectivity index (χ1n) is 12.3. The van der Waals surface area contributed by atoms with Crippen molar-refractivity contribution in [2.24, 2.45) is 0 Å². The Bertz CT molecular complexity index is 467. The van der Waals surface area contributed by atoms with E-state index in [0.717, 1.165) is 11.5 Å². The molecular formula is C24H47N3OS. The Hall–Kier alpha value is -0.680. The van der Waals surface area contributed by atoms with Gasteiger partial charge >= 0.3 is 0 Å². The highest BCUT2D eigenvalue weighted by Crippen LogP contribution is 2.15. The number of aliphatic hydroxyl groups excluding tert-OH is 1. The monoisotopic (exact) mass is 425 g/mol. The van der Waals surface area contributed by atoms with Crippen LogP contribution in [-0.2, 0) is 6.54 Å². The first kappa shape index (κ1) is 26.4. The van der Waals surface area contributed by atoms with Gasteiger partial charge in [0, 0.05) is 18.1 Å². The molecule has 0 radical (unpaired) electrons. The Morgan fingerprint density at radius 1 is 0.862 bits per heavy atom. The summed E-state index contributed by atoms with van der Waals surface area (Å²) in [5.74, 6) is 2.40. The van der Waals surface area contributed by atoms with E-state index in [9.17, 15) is 5.11 Å². The van der Waals surface area contributed by atoms with Crippen LogP contribution in [-0.4, -0.2) is 32.3 Å². The van der Waals surface area contributed by atoms with Crippen molar-refractivity contribution in [1.82, 2.24) is 9.55 Å². The molecule has 0 spiro atoms. The van der Waals surface area contributed by atoms with E-state index in [0.29, 0.717) is 12.5 Å². The molecule has 3 N–H and O–H groups in total. The molecule has 0 aliphatic rings. The van der Waals surface area contributed by atoms with Crippen molar-refractivity contribution in [3.63, 3.8) is 0 Å². The van der Waals surface area contributed by atoms with Crippen molar-refractivity contribution in [3.05, 3.63) is 12.4 Å². The topological polar surface area (TPSA) is 64.1 Å². The molecule has 0 aliphatic carbocycles. The molecular weight excluding hydrogens is 378 g/mol. The standard InChI is InChI=1S/C24H47N3OS/c1-2-3-4-5-6-7-8-9-10-11-12-13-14-15-16-17-20-29-22-23(28)21-27-19-18-26-24(27)25/h18-19,23,28H,2-17,20-22H2,1H3,(H2,25,26). The maximum absolute atomic E-state index is 10.1. The second-order valence-electron chi connectivity index (χ2n) is 8.47. The lowest BCUT2D eigenvalue weighted by Crippen LogP contribution is -2.19. The van der Waals surface area contributed by atoms with Gasteiger partial charge in [0.05, 0.1) is 12.6 Å². The van der Waals surface area contributed by atoms with E-state index in [1.807, 2.05) is 18.0 Å².